The molecule has 7 nitrogen and oxygen atoms in total. The summed E-state index contributed by atoms with van der Waals surface area (Å²) in [5, 5.41) is 0. The molecular weight excluding hydrogens is 326 g/mol. The van der Waals surface area contributed by atoms with Crippen molar-refractivity contribution in [1.82, 2.24) is 4.90 Å². The predicted molar refractivity (Wildman–Crippen MR) is 86.3 cm³/mol. The Morgan fingerprint density at radius 2 is 1.68 bits per heavy atom. The van der Waals surface area contributed by atoms with E-state index in [1.54, 1.807) is 12.1 Å². The second-order valence-corrected chi connectivity index (χ2v) is 5.18. The molecule has 2 aromatic carbocycles. The highest BCUT2D eigenvalue weighted by Crippen LogP contribution is 2.21. The third kappa shape index (κ3) is 4.14. The fraction of sp³-hybridized carbons (Fsp3) is 0.167. The van der Waals surface area contributed by atoms with Crippen molar-refractivity contribution in [3.05, 3.63) is 60.2 Å². The summed E-state index contributed by atoms with van der Waals surface area (Å²) in [7, 11) is 0. The van der Waals surface area contributed by atoms with Gasteiger partial charge >= 0.3 is 12.1 Å². The van der Waals surface area contributed by atoms with Gasteiger partial charge in [0, 0.05) is 0 Å². The molecule has 2 aromatic rings. The fourth-order valence-corrected chi connectivity index (χ4v) is 2.19. The van der Waals surface area contributed by atoms with E-state index in [0.29, 0.717) is 11.5 Å². The first-order chi connectivity index (χ1) is 12.1. The van der Waals surface area contributed by atoms with Crippen LogP contribution >= 0.6 is 0 Å². The van der Waals surface area contributed by atoms with E-state index in [9.17, 15) is 14.4 Å². The Bertz CT molecular complexity index is 772. The van der Waals surface area contributed by atoms with Crippen LogP contribution in [0.4, 0.5) is 4.79 Å². The Hall–Kier alpha value is -3.35. The van der Waals surface area contributed by atoms with Crippen LogP contribution in [0.25, 0.3) is 0 Å². The summed E-state index contributed by atoms with van der Waals surface area (Å²) in [6.45, 7) is -0.196. The van der Waals surface area contributed by atoms with Gasteiger partial charge in [0.25, 0.3) is 5.91 Å². The number of amides is 2. The average molecular weight is 341 g/mol. The number of rotatable bonds is 5. The monoisotopic (exact) mass is 341 g/mol. The van der Waals surface area contributed by atoms with Crippen molar-refractivity contribution >= 4 is 18.0 Å². The van der Waals surface area contributed by atoms with E-state index in [0.717, 1.165) is 4.90 Å². The van der Waals surface area contributed by atoms with Crippen LogP contribution in [0.1, 0.15) is 10.4 Å². The molecule has 0 aliphatic carbocycles. The van der Waals surface area contributed by atoms with Gasteiger partial charge < -0.3 is 14.2 Å². The van der Waals surface area contributed by atoms with E-state index >= 15 is 0 Å². The number of nitrogens with zero attached hydrogens (tertiary/aromatic N) is 1. The number of hydrogen-bond donors (Lipinski definition) is 0. The summed E-state index contributed by atoms with van der Waals surface area (Å²) in [5.41, 5.74) is 0.275. The van der Waals surface area contributed by atoms with Crippen molar-refractivity contribution < 1.29 is 28.6 Å². The molecule has 1 aliphatic rings. The quantitative estimate of drug-likeness (QED) is 0.778. The zero-order chi connectivity index (χ0) is 17.6. The number of imide groups is 1. The number of ether oxygens (including phenoxy) is 3. The molecule has 0 N–H and O–H groups in total. The maximum Gasteiger partial charge on any atom is 0.416 e. The summed E-state index contributed by atoms with van der Waals surface area (Å²) in [4.78, 5) is 35.9. The van der Waals surface area contributed by atoms with E-state index in [4.69, 9.17) is 9.47 Å². The van der Waals surface area contributed by atoms with E-state index in [1.807, 2.05) is 30.3 Å². The molecule has 0 aromatic heterocycles. The highest BCUT2D eigenvalue weighted by atomic mass is 16.6. The van der Waals surface area contributed by atoms with Crippen LogP contribution in [0, 0.1) is 0 Å². The number of cyclic esters (lactones) is 1. The second kappa shape index (κ2) is 7.48. The molecule has 2 amide bonds. The molecule has 0 radical (unpaired) electrons. The first-order valence-electron chi connectivity index (χ1n) is 7.61. The molecule has 128 valence electrons. The fourth-order valence-electron chi connectivity index (χ4n) is 2.19. The Morgan fingerprint density at radius 3 is 2.32 bits per heavy atom. The summed E-state index contributed by atoms with van der Waals surface area (Å²) >= 11 is 0. The minimum absolute atomic E-state index is 0.154. The number of carbonyl (C=O) groups is 3. The lowest BCUT2D eigenvalue weighted by molar-refractivity contribution is -0.131. The number of para-hydroxylation sites is 1. The van der Waals surface area contributed by atoms with Crippen molar-refractivity contribution in [3.63, 3.8) is 0 Å². The van der Waals surface area contributed by atoms with Gasteiger partial charge in [-0.3, -0.25) is 4.79 Å². The van der Waals surface area contributed by atoms with Crippen LogP contribution in [0.15, 0.2) is 54.6 Å². The molecule has 7 heteroatoms. The average Bonchev–Trinajstić information content (AvgIpc) is 3.07. The first kappa shape index (κ1) is 16.5. The molecule has 0 bridgehead atoms. The van der Waals surface area contributed by atoms with Gasteiger partial charge in [-0.1, -0.05) is 18.2 Å². The van der Waals surface area contributed by atoms with Crippen molar-refractivity contribution in [2.75, 3.05) is 19.8 Å². The second-order valence-electron chi connectivity index (χ2n) is 5.18. The lowest BCUT2D eigenvalue weighted by Crippen LogP contribution is -2.35. The summed E-state index contributed by atoms with van der Waals surface area (Å²) in [6, 6.07) is 15.6. The van der Waals surface area contributed by atoms with Gasteiger partial charge in [-0.25, -0.2) is 14.5 Å². The molecule has 25 heavy (non-hydrogen) atoms. The maximum atomic E-state index is 12.0. The van der Waals surface area contributed by atoms with Crippen molar-refractivity contribution in [2.24, 2.45) is 0 Å². The number of esters is 1. The molecule has 1 aliphatic heterocycles. The van der Waals surface area contributed by atoms with Gasteiger partial charge in [0.1, 0.15) is 18.1 Å². The number of benzene rings is 2. The van der Waals surface area contributed by atoms with Crippen LogP contribution in [0.2, 0.25) is 0 Å². The molecular formula is C18H15NO6. The molecule has 0 spiro atoms. The van der Waals surface area contributed by atoms with E-state index < -0.39 is 24.6 Å². The zero-order valence-electron chi connectivity index (χ0n) is 13.2. The first-order valence-corrected chi connectivity index (χ1v) is 7.61. The van der Waals surface area contributed by atoms with Crippen LogP contribution in [-0.2, 0) is 14.3 Å². The van der Waals surface area contributed by atoms with E-state index in [2.05, 4.69) is 4.74 Å². The molecule has 0 saturated carbocycles. The highest BCUT2D eigenvalue weighted by molar-refractivity contribution is 5.96. The van der Waals surface area contributed by atoms with Crippen LogP contribution in [0.3, 0.4) is 0 Å². The van der Waals surface area contributed by atoms with Gasteiger partial charge in [-0.15, -0.1) is 0 Å². The molecule has 1 fully saturated rings. The smallest absolute Gasteiger partial charge is 0.416 e. The lowest BCUT2D eigenvalue weighted by atomic mass is 10.2. The zero-order valence-corrected chi connectivity index (χ0v) is 13.2. The topological polar surface area (TPSA) is 82.1 Å². The van der Waals surface area contributed by atoms with Crippen LogP contribution < -0.4 is 4.74 Å². The molecule has 0 atom stereocenters. The summed E-state index contributed by atoms with van der Waals surface area (Å²) in [6.07, 6.45) is -0.719. The van der Waals surface area contributed by atoms with Crippen LogP contribution in [-0.4, -0.2) is 42.6 Å². The summed E-state index contributed by atoms with van der Waals surface area (Å²) in [5.74, 6) is -0.0217. The number of carbonyl (C=O) groups excluding carboxylic acids is 3. The van der Waals surface area contributed by atoms with Gasteiger partial charge in [-0.2, -0.15) is 0 Å². The SMILES string of the molecule is O=C(OCC(=O)N1CCOC1=O)c1ccc(Oc2ccccc2)cc1. The molecule has 0 unspecified atom stereocenters. The number of hydrogen-bond acceptors (Lipinski definition) is 6. The maximum absolute atomic E-state index is 12.0. The van der Waals surface area contributed by atoms with E-state index in [1.165, 1.54) is 12.1 Å². The van der Waals surface area contributed by atoms with Crippen LogP contribution in [0.5, 0.6) is 11.5 Å². The lowest BCUT2D eigenvalue weighted by Gasteiger charge is -2.11. The minimum Gasteiger partial charge on any atom is -0.457 e. The molecule has 1 heterocycles. The molecule has 1 saturated heterocycles. The Kier molecular flexibility index (Phi) is 4.94. The Morgan fingerprint density at radius 1 is 1.00 bits per heavy atom. The Labute approximate surface area is 143 Å². The summed E-state index contributed by atoms with van der Waals surface area (Å²) < 4.78 is 15.2. The minimum atomic E-state index is -0.719. The van der Waals surface area contributed by atoms with Gasteiger partial charge in [0.05, 0.1) is 12.1 Å². The third-order valence-corrected chi connectivity index (χ3v) is 3.46. The van der Waals surface area contributed by atoms with Crippen molar-refractivity contribution in [1.29, 1.82) is 0 Å². The highest BCUT2D eigenvalue weighted by Gasteiger charge is 2.29. The van der Waals surface area contributed by atoms with Gasteiger partial charge in [0.2, 0.25) is 0 Å². The van der Waals surface area contributed by atoms with Gasteiger partial charge in [-0.05, 0) is 36.4 Å². The van der Waals surface area contributed by atoms with E-state index in [-0.39, 0.29) is 18.7 Å². The molecule has 3 rings (SSSR count). The standard InChI is InChI=1S/C18H15NO6/c20-16(19-10-11-23-18(19)22)12-24-17(21)13-6-8-15(9-7-13)25-14-4-2-1-3-5-14/h1-9H,10-12H2. The normalized spacial score (nSPS) is 13.3. The largest absolute Gasteiger partial charge is 0.457 e. The predicted octanol–water partition coefficient (Wildman–Crippen LogP) is 2.61. The Balaban J connectivity index is 1.54. The van der Waals surface area contributed by atoms with Gasteiger partial charge in [0.15, 0.2) is 6.61 Å². The van der Waals surface area contributed by atoms with Crippen molar-refractivity contribution in [2.45, 2.75) is 0 Å². The third-order valence-electron chi connectivity index (χ3n) is 3.46. The van der Waals surface area contributed by atoms with Crippen molar-refractivity contribution in [3.8, 4) is 11.5 Å².